The number of anilines is 1. The van der Waals surface area contributed by atoms with E-state index in [1.165, 1.54) is 0 Å². The molecule has 98 valence electrons. The first kappa shape index (κ1) is 12.2. The minimum Gasteiger partial charge on any atom is -0.478 e. The molecule has 2 aromatic rings. The Balaban J connectivity index is 2.08. The van der Waals surface area contributed by atoms with E-state index in [1.807, 2.05) is 17.8 Å². The summed E-state index contributed by atoms with van der Waals surface area (Å²) in [5.41, 5.74) is 0.741. The van der Waals surface area contributed by atoms with Crippen LogP contribution in [-0.2, 0) is 0 Å². The van der Waals surface area contributed by atoms with Gasteiger partial charge in [0.05, 0.1) is 11.1 Å². The van der Waals surface area contributed by atoms with Gasteiger partial charge in [0.25, 0.3) is 0 Å². The van der Waals surface area contributed by atoms with Crippen LogP contribution in [0.4, 0.5) is 5.95 Å². The topological polar surface area (TPSA) is 66.3 Å². The van der Waals surface area contributed by atoms with Crippen molar-refractivity contribution in [2.45, 2.75) is 0 Å². The van der Waals surface area contributed by atoms with Gasteiger partial charge in [-0.15, -0.1) is 0 Å². The fourth-order valence-corrected chi connectivity index (χ4v) is 3.04. The Morgan fingerprint density at radius 2 is 2.11 bits per heavy atom. The van der Waals surface area contributed by atoms with Crippen molar-refractivity contribution in [2.24, 2.45) is 0 Å². The molecule has 6 heteroatoms. The number of benzene rings is 1. The second-order valence-electron chi connectivity index (χ2n) is 4.32. The summed E-state index contributed by atoms with van der Waals surface area (Å²) < 4.78 is 0. The zero-order valence-corrected chi connectivity index (χ0v) is 11.1. The third-order valence-corrected chi connectivity index (χ3v) is 4.06. The lowest BCUT2D eigenvalue weighted by Crippen LogP contribution is -2.33. The van der Waals surface area contributed by atoms with Crippen molar-refractivity contribution < 1.29 is 9.90 Å². The fraction of sp³-hybridized carbons (Fsp3) is 0.308. The van der Waals surface area contributed by atoms with Gasteiger partial charge < -0.3 is 10.0 Å². The predicted molar refractivity (Wildman–Crippen MR) is 76.0 cm³/mol. The van der Waals surface area contributed by atoms with Gasteiger partial charge in [0.2, 0.25) is 5.95 Å². The molecule has 0 atom stereocenters. The highest BCUT2D eigenvalue weighted by atomic mass is 32.2. The molecule has 0 bridgehead atoms. The molecular formula is C13H13N3O2S. The molecule has 1 saturated heterocycles. The van der Waals surface area contributed by atoms with Gasteiger partial charge in [0.1, 0.15) is 0 Å². The van der Waals surface area contributed by atoms with Crippen molar-refractivity contribution in [3.05, 3.63) is 30.0 Å². The first-order valence-electron chi connectivity index (χ1n) is 6.07. The number of rotatable bonds is 2. The SMILES string of the molecule is O=C(O)c1cccc2cnc(N3CCSCC3)nc12. The largest absolute Gasteiger partial charge is 0.478 e. The van der Waals surface area contributed by atoms with E-state index in [1.54, 1.807) is 18.3 Å². The van der Waals surface area contributed by atoms with Crippen molar-refractivity contribution in [3.63, 3.8) is 0 Å². The van der Waals surface area contributed by atoms with Gasteiger partial charge in [-0.2, -0.15) is 11.8 Å². The number of carboxylic acids is 1. The van der Waals surface area contributed by atoms with Crippen molar-refractivity contribution in [2.75, 3.05) is 29.5 Å². The van der Waals surface area contributed by atoms with E-state index in [0.717, 1.165) is 30.0 Å². The van der Waals surface area contributed by atoms with Gasteiger partial charge in [0.15, 0.2) is 0 Å². The maximum Gasteiger partial charge on any atom is 0.337 e. The molecule has 19 heavy (non-hydrogen) atoms. The van der Waals surface area contributed by atoms with Crippen LogP contribution in [0.2, 0.25) is 0 Å². The second kappa shape index (κ2) is 5.05. The number of aromatic carboxylic acids is 1. The molecule has 0 spiro atoms. The monoisotopic (exact) mass is 275 g/mol. The van der Waals surface area contributed by atoms with E-state index in [-0.39, 0.29) is 5.56 Å². The summed E-state index contributed by atoms with van der Waals surface area (Å²) in [4.78, 5) is 22.1. The lowest BCUT2D eigenvalue weighted by Gasteiger charge is -2.26. The van der Waals surface area contributed by atoms with Crippen LogP contribution < -0.4 is 4.90 Å². The first-order chi connectivity index (χ1) is 9.25. The minimum atomic E-state index is -0.954. The van der Waals surface area contributed by atoms with Crippen molar-refractivity contribution >= 4 is 34.6 Å². The van der Waals surface area contributed by atoms with Crippen LogP contribution in [0.25, 0.3) is 10.9 Å². The summed E-state index contributed by atoms with van der Waals surface area (Å²) in [6.45, 7) is 1.82. The van der Waals surface area contributed by atoms with Crippen LogP contribution in [0.15, 0.2) is 24.4 Å². The summed E-state index contributed by atoms with van der Waals surface area (Å²) in [5, 5.41) is 9.97. The number of carbonyl (C=O) groups is 1. The van der Waals surface area contributed by atoms with Crippen LogP contribution in [0.5, 0.6) is 0 Å². The van der Waals surface area contributed by atoms with Crippen LogP contribution in [0, 0.1) is 0 Å². The lowest BCUT2D eigenvalue weighted by atomic mass is 10.1. The predicted octanol–water partition coefficient (Wildman–Crippen LogP) is 1.88. The van der Waals surface area contributed by atoms with Crippen LogP contribution >= 0.6 is 11.8 Å². The Kier molecular flexibility index (Phi) is 3.25. The summed E-state index contributed by atoms with van der Waals surface area (Å²) in [6.07, 6.45) is 1.70. The average Bonchev–Trinajstić information content (AvgIpc) is 2.47. The lowest BCUT2D eigenvalue weighted by molar-refractivity contribution is 0.0699. The van der Waals surface area contributed by atoms with Crippen molar-refractivity contribution in [1.82, 2.24) is 9.97 Å². The molecule has 1 aromatic carbocycles. The fourth-order valence-electron chi connectivity index (χ4n) is 2.13. The molecule has 1 aliphatic heterocycles. The standard InChI is InChI=1S/C13H13N3O2S/c17-12(18)10-3-1-2-9-8-14-13(15-11(9)10)16-4-6-19-7-5-16/h1-3,8H,4-7H2,(H,17,18). The molecule has 1 aliphatic rings. The normalized spacial score (nSPS) is 15.7. The molecule has 2 heterocycles. The molecular weight excluding hydrogens is 262 g/mol. The maximum absolute atomic E-state index is 11.2. The molecule has 1 aromatic heterocycles. The number of hydrogen-bond donors (Lipinski definition) is 1. The quantitative estimate of drug-likeness (QED) is 0.902. The van der Waals surface area contributed by atoms with E-state index in [0.29, 0.717) is 11.5 Å². The summed E-state index contributed by atoms with van der Waals surface area (Å²) in [7, 11) is 0. The van der Waals surface area contributed by atoms with E-state index in [4.69, 9.17) is 0 Å². The number of thioether (sulfide) groups is 1. The van der Waals surface area contributed by atoms with Crippen molar-refractivity contribution in [1.29, 1.82) is 0 Å². The zero-order chi connectivity index (χ0) is 13.2. The number of aromatic nitrogens is 2. The second-order valence-corrected chi connectivity index (χ2v) is 5.54. The highest BCUT2D eigenvalue weighted by Gasteiger charge is 2.16. The Morgan fingerprint density at radius 1 is 1.32 bits per heavy atom. The number of hydrogen-bond acceptors (Lipinski definition) is 5. The summed E-state index contributed by atoms with van der Waals surface area (Å²) in [5.74, 6) is 1.79. The summed E-state index contributed by atoms with van der Waals surface area (Å²) >= 11 is 1.91. The number of para-hydroxylation sites is 1. The van der Waals surface area contributed by atoms with E-state index in [9.17, 15) is 9.90 Å². The molecule has 1 fully saturated rings. The van der Waals surface area contributed by atoms with Gasteiger partial charge in [-0.05, 0) is 6.07 Å². The molecule has 0 unspecified atom stereocenters. The van der Waals surface area contributed by atoms with Crippen LogP contribution in [-0.4, -0.2) is 45.6 Å². The zero-order valence-electron chi connectivity index (χ0n) is 10.2. The van der Waals surface area contributed by atoms with E-state index < -0.39 is 5.97 Å². The third-order valence-electron chi connectivity index (χ3n) is 3.12. The van der Waals surface area contributed by atoms with Gasteiger partial charge >= 0.3 is 5.97 Å². The summed E-state index contributed by atoms with van der Waals surface area (Å²) in [6, 6.07) is 5.12. The van der Waals surface area contributed by atoms with Crippen molar-refractivity contribution in [3.8, 4) is 0 Å². The highest BCUT2D eigenvalue weighted by Crippen LogP contribution is 2.21. The van der Waals surface area contributed by atoms with Gasteiger partial charge in [-0.25, -0.2) is 14.8 Å². The number of carboxylic acid groups (broad SMARTS) is 1. The van der Waals surface area contributed by atoms with E-state index in [2.05, 4.69) is 14.9 Å². The molecule has 0 saturated carbocycles. The molecule has 0 aliphatic carbocycles. The Labute approximate surface area is 114 Å². The Hall–Kier alpha value is -1.82. The third kappa shape index (κ3) is 2.35. The first-order valence-corrected chi connectivity index (χ1v) is 7.23. The number of fused-ring (bicyclic) bond motifs is 1. The van der Waals surface area contributed by atoms with E-state index >= 15 is 0 Å². The average molecular weight is 275 g/mol. The molecule has 5 nitrogen and oxygen atoms in total. The minimum absolute atomic E-state index is 0.229. The molecule has 3 rings (SSSR count). The molecule has 0 amide bonds. The van der Waals surface area contributed by atoms with Gasteiger partial charge in [-0.3, -0.25) is 0 Å². The number of nitrogens with zero attached hydrogens (tertiary/aromatic N) is 3. The highest BCUT2D eigenvalue weighted by molar-refractivity contribution is 7.99. The Bertz CT molecular complexity index is 626. The van der Waals surface area contributed by atoms with Gasteiger partial charge in [-0.1, -0.05) is 12.1 Å². The van der Waals surface area contributed by atoms with Crippen LogP contribution in [0.1, 0.15) is 10.4 Å². The van der Waals surface area contributed by atoms with Crippen LogP contribution in [0.3, 0.4) is 0 Å². The maximum atomic E-state index is 11.2. The van der Waals surface area contributed by atoms with Gasteiger partial charge in [0, 0.05) is 36.2 Å². The smallest absolute Gasteiger partial charge is 0.337 e. The molecule has 1 N–H and O–H groups in total. The Morgan fingerprint density at radius 3 is 2.84 bits per heavy atom. The molecule has 0 radical (unpaired) electrons.